The van der Waals surface area contributed by atoms with Gasteiger partial charge < -0.3 is 22.8 Å². The number of benzene rings is 2. The third-order valence-corrected chi connectivity index (χ3v) is 4.49. The van der Waals surface area contributed by atoms with Gasteiger partial charge in [0.25, 0.3) is 10.4 Å². The van der Waals surface area contributed by atoms with Gasteiger partial charge in [-0.05, 0) is 23.8 Å². The first-order valence-electron chi connectivity index (χ1n) is 7.37. The molecule has 150 valence electrons. The number of ether oxygens (including phenoxy) is 1. The Morgan fingerprint density at radius 2 is 1.60 bits per heavy atom. The van der Waals surface area contributed by atoms with E-state index in [0.717, 1.165) is 18.2 Å². The molecule has 1 heterocycles. The molecule has 0 aromatic heterocycles. The molecule has 2 aromatic rings. The average Bonchev–Trinajstić information content (AvgIpc) is 2.52. The second-order valence-electron chi connectivity index (χ2n) is 5.59. The monoisotopic (exact) mass is 476 g/mol. The van der Waals surface area contributed by atoms with Crippen LogP contribution in [0.2, 0.25) is 0 Å². The predicted octanol–water partition coefficient (Wildman–Crippen LogP) is -5.85. The van der Waals surface area contributed by atoms with Gasteiger partial charge in [-0.2, -0.15) is 8.42 Å². The number of carbonyl (C=O) groups excluding carboxylic acids is 1. The number of ketones is 1. The molecule has 0 saturated heterocycles. The number of Topliss-reactive ketones (excluding diaryl/α,β-unsaturated/α-hetero) is 1. The van der Waals surface area contributed by atoms with E-state index >= 15 is 0 Å². The maximum absolute atomic E-state index is 12.7. The largest absolute Gasteiger partial charge is 1.00 e. The maximum atomic E-state index is 12.7. The molecule has 0 amide bonds. The zero-order valence-electron chi connectivity index (χ0n) is 15.6. The molecule has 2 aromatic carbocycles. The SMILES string of the molecule is O=C1c2c([O-])cc(OS(=O)(=O)O)cc2OCC1c1ccc(OS(=O)(=O)[O-])cc1.[Na+].[Na+]. The minimum absolute atomic E-state index is 0. The van der Waals surface area contributed by atoms with E-state index in [4.69, 9.17) is 9.29 Å². The van der Waals surface area contributed by atoms with Crippen molar-refractivity contribution in [3.05, 3.63) is 47.5 Å². The van der Waals surface area contributed by atoms with Crippen molar-refractivity contribution < 1.29 is 108 Å². The molecule has 30 heavy (non-hydrogen) atoms. The van der Waals surface area contributed by atoms with Gasteiger partial charge in [0.1, 0.15) is 23.9 Å². The smallest absolute Gasteiger partial charge is 0.872 e. The number of hydrogen-bond acceptors (Lipinski definition) is 10. The summed E-state index contributed by atoms with van der Waals surface area (Å²) in [7, 11) is -9.81. The Morgan fingerprint density at radius 1 is 1.00 bits per heavy atom. The van der Waals surface area contributed by atoms with Crippen LogP contribution < -0.4 is 77.3 Å². The van der Waals surface area contributed by atoms with Crippen LogP contribution in [0.25, 0.3) is 0 Å². The van der Waals surface area contributed by atoms with E-state index in [0.29, 0.717) is 11.6 Å². The molecule has 0 aliphatic carbocycles. The zero-order chi connectivity index (χ0) is 20.7. The first-order chi connectivity index (χ1) is 12.9. The van der Waals surface area contributed by atoms with E-state index < -0.39 is 44.0 Å². The molecule has 0 saturated carbocycles. The molecule has 1 unspecified atom stereocenters. The van der Waals surface area contributed by atoms with Crippen LogP contribution in [0.5, 0.6) is 23.0 Å². The summed E-state index contributed by atoms with van der Waals surface area (Å²) in [5, 5.41) is 12.2. The van der Waals surface area contributed by atoms with Crippen LogP contribution in [0.1, 0.15) is 21.8 Å². The Morgan fingerprint density at radius 3 is 2.13 bits per heavy atom. The summed E-state index contributed by atoms with van der Waals surface area (Å²) in [5.74, 6) is -3.37. The third kappa shape index (κ3) is 6.82. The van der Waals surface area contributed by atoms with Gasteiger partial charge in [-0.25, -0.2) is 8.42 Å². The second kappa shape index (κ2) is 10.2. The van der Waals surface area contributed by atoms with Crippen molar-refractivity contribution in [3.63, 3.8) is 0 Å². The summed E-state index contributed by atoms with van der Waals surface area (Å²) in [6, 6.07) is 6.68. The van der Waals surface area contributed by atoms with Gasteiger partial charge >= 0.3 is 69.5 Å². The van der Waals surface area contributed by atoms with Gasteiger partial charge in [-0.3, -0.25) is 9.35 Å². The fourth-order valence-electron chi connectivity index (χ4n) is 2.64. The number of fused-ring (bicyclic) bond motifs is 1. The van der Waals surface area contributed by atoms with Crippen LogP contribution in [-0.2, 0) is 20.8 Å². The van der Waals surface area contributed by atoms with E-state index in [1.807, 2.05) is 0 Å². The van der Waals surface area contributed by atoms with Gasteiger partial charge in [-0.1, -0.05) is 17.9 Å². The van der Waals surface area contributed by atoms with Crippen molar-refractivity contribution in [1.29, 1.82) is 0 Å². The van der Waals surface area contributed by atoms with E-state index in [1.54, 1.807) is 0 Å². The molecule has 0 bridgehead atoms. The quantitative estimate of drug-likeness (QED) is 0.247. The number of carbonyl (C=O) groups is 1. The molecule has 1 aliphatic rings. The summed E-state index contributed by atoms with van der Waals surface area (Å²) in [6.07, 6.45) is 0. The molecule has 0 radical (unpaired) electrons. The first kappa shape index (κ1) is 27.2. The van der Waals surface area contributed by atoms with Crippen molar-refractivity contribution in [2.45, 2.75) is 5.92 Å². The fraction of sp³-hybridized carbons (Fsp3) is 0.133. The standard InChI is InChI=1S/C15H12O11S2.2Na/c16-12-5-10(26-28(21,22)23)6-13-14(12)15(17)11(7-24-13)8-1-3-9(4-2-8)25-27(18,19)20;;/h1-6,11,16H,7H2,(H,18,19,20)(H,21,22,23);;/q;2*+1/p-2. The molecule has 15 heteroatoms. The van der Waals surface area contributed by atoms with Crippen LogP contribution in [0.4, 0.5) is 0 Å². The molecule has 11 nitrogen and oxygen atoms in total. The van der Waals surface area contributed by atoms with Crippen molar-refractivity contribution in [3.8, 4) is 23.0 Å². The van der Waals surface area contributed by atoms with E-state index in [9.17, 15) is 31.3 Å². The van der Waals surface area contributed by atoms with Gasteiger partial charge in [-0.15, -0.1) is 0 Å². The van der Waals surface area contributed by atoms with Crippen molar-refractivity contribution in [2.24, 2.45) is 0 Å². The van der Waals surface area contributed by atoms with Crippen molar-refractivity contribution in [2.75, 3.05) is 6.61 Å². The molecule has 3 rings (SSSR count). The molecule has 1 atom stereocenters. The maximum Gasteiger partial charge on any atom is 1.00 e. The summed E-state index contributed by atoms with van der Waals surface area (Å²) in [4.78, 5) is 12.7. The van der Waals surface area contributed by atoms with Crippen LogP contribution in [0, 0.1) is 0 Å². The minimum atomic E-state index is -4.94. The number of hydrogen-bond donors (Lipinski definition) is 1. The van der Waals surface area contributed by atoms with Crippen LogP contribution in [0.15, 0.2) is 36.4 Å². The molecule has 0 spiro atoms. The summed E-state index contributed by atoms with van der Waals surface area (Å²) in [6.45, 7) is -0.208. The molecule has 1 N–H and O–H groups in total. The molecule has 0 fully saturated rings. The van der Waals surface area contributed by atoms with Crippen LogP contribution >= 0.6 is 0 Å². The van der Waals surface area contributed by atoms with Gasteiger partial charge in [0.2, 0.25) is 0 Å². The Hall–Kier alpha value is -0.870. The Labute approximate surface area is 215 Å². The molecule has 1 aliphatic heterocycles. The van der Waals surface area contributed by atoms with E-state index in [2.05, 4.69) is 8.37 Å². The summed E-state index contributed by atoms with van der Waals surface area (Å²) < 4.78 is 75.6. The van der Waals surface area contributed by atoms with Gasteiger partial charge in [0, 0.05) is 6.07 Å². The van der Waals surface area contributed by atoms with E-state index in [-0.39, 0.29) is 82.8 Å². The van der Waals surface area contributed by atoms with E-state index in [1.165, 1.54) is 12.1 Å². The average molecular weight is 476 g/mol. The minimum Gasteiger partial charge on any atom is -0.872 e. The second-order valence-corrected chi connectivity index (χ2v) is 7.60. The van der Waals surface area contributed by atoms with Crippen LogP contribution in [0.3, 0.4) is 0 Å². The van der Waals surface area contributed by atoms with Gasteiger partial charge in [0.15, 0.2) is 5.78 Å². The third-order valence-electron chi connectivity index (χ3n) is 3.69. The predicted molar refractivity (Wildman–Crippen MR) is 87.4 cm³/mol. The van der Waals surface area contributed by atoms with Gasteiger partial charge in [0.05, 0.1) is 11.5 Å². The van der Waals surface area contributed by atoms with Crippen molar-refractivity contribution in [1.82, 2.24) is 0 Å². The first-order valence-corrected chi connectivity index (χ1v) is 10.1. The topological polar surface area (TPSA) is 179 Å². The summed E-state index contributed by atoms with van der Waals surface area (Å²) >= 11 is 0. The summed E-state index contributed by atoms with van der Waals surface area (Å²) in [5.41, 5.74) is 0.0327. The zero-order valence-corrected chi connectivity index (χ0v) is 21.2. The fourth-order valence-corrected chi connectivity index (χ4v) is 3.32. The van der Waals surface area contributed by atoms with Crippen LogP contribution in [-0.4, -0.2) is 38.3 Å². The number of rotatable bonds is 5. The Kier molecular flexibility index (Phi) is 9.20. The Balaban J connectivity index is 0.00000225. The van der Waals surface area contributed by atoms with Crippen molar-refractivity contribution >= 4 is 26.6 Å². The normalized spacial score (nSPS) is 15.7. The molecular weight excluding hydrogens is 466 g/mol. The Bertz CT molecular complexity index is 1150. The molecular formula is C15H10Na2O11S2.